The van der Waals surface area contributed by atoms with E-state index in [4.69, 9.17) is 0 Å². The number of aromatic nitrogens is 2. The van der Waals surface area contributed by atoms with Gasteiger partial charge in [-0.3, -0.25) is 4.98 Å². The highest BCUT2D eigenvalue weighted by atomic mass is 32.2. The molecule has 0 aromatic carbocycles. The number of pyridine rings is 2. The zero-order valence-electron chi connectivity index (χ0n) is 11.8. The molecule has 0 aliphatic carbocycles. The van der Waals surface area contributed by atoms with Crippen molar-refractivity contribution in [1.82, 2.24) is 14.7 Å². The molecule has 0 aliphatic heterocycles. The van der Waals surface area contributed by atoms with Gasteiger partial charge in [-0.15, -0.1) is 0 Å². The summed E-state index contributed by atoms with van der Waals surface area (Å²) in [5, 5.41) is 3.10. The summed E-state index contributed by atoms with van der Waals surface area (Å²) >= 11 is 0. The van der Waals surface area contributed by atoms with Crippen molar-refractivity contribution < 1.29 is 8.42 Å². The number of hydrogen-bond donors (Lipinski definition) is 2. The molecule has 2 aromatic heterocycles. The average molecular weight is 306 g/mol. The van der Waals surface area contributed by atoms with Crippen LogP contribution in [-0.2, 0) is 16.6 Å². The molecule has 2 aromatic rings. The Morgan fingerprint density at radius 3 is 2.62 bits per heavy atom. The van der Waals surface area contributed by atoms with Crippen LogP contribution in [0.5, 0.6) is 0 Å². The van der Waals surface area contributed by atoms with E-state index in [-0.39, 0.29) is 11.6 Å². The van der Waals surface area contributed by atoms with Crippen LogP contribution in [0.4, 0.5) is 5.69 Å². The van der Waals surface area contributed by atoms with E-state index in [9.17, 15) is 8.42 Å². The third-order valence-electron chi connectivity index (χ3n) is 2.81. The van der Waals surface area contributed by atoms with Gasteiger partial charge in [0, 0.05) is 31.7 Å². The number of nitrogens with zero attached hydrogens (tertiary/aromatic N) is 2. The first-order valence-corrected chi connectivity index (χ1v) is 8.19. The fourth-order valence-electron chi connectivity index (χ4n) is 1.75. The summed E-state index contributed by atoms with van der Waals surface area (Å²) in [5.74, 6) is 0. The van der Waals surface area contributed by atoms with Gasteiger partial charge in [-0.05, 0) is 36.2 Å². The molecule has 0 amide bonds. The summed E-state index contributed by atoms with van der Waals surface area (Å²) in [6, 6.07) is 6.94. The Morgan fingerprint density at radius 2 is 1.90 bits per heavy atom. The van der Waals surface area contributed by atoms with E-state index in [2.05, 4.69) is 20.0 Å². The normalized spacial score (nSPS) is 11.3. The third kappa shape index (κ3) is 4.24. The van der Waals surface area contributed by atoms with Crippen LogP contribution in [-0.4, -0.2) is 24.9 Å². The Bertz CT molecular complexity index is 674. The molecule has 0 fully saturated rings. The van der Waals surface area contributed by atoms with Gasteiger partial charge in [-0.2, -0.15) is 0 Å². The molecule has 2 heterocycles. The molecule has 0 unspecified atom stereocenters. The van der Waals surface area contributed by atoms with Gasteiger partial charge in [0.2, 0.25) is 0 Å². The molecule has 0 atom stereocenters. The molecular formula is C14H18N4O2S. The predicted octanol–water partition coefficient (Wildman–Crippen LogP) is 1.78. The average Bonchev–Trinajstić information content (AvgIpc) is 2.52. The first kappa shape index (κ1) is 15.4. The van der Waals surface area contributed by atoms with E-state index in [0.29, 0.717) is 12.2 Å². The number of sulfonamides is 1. The summed E-state index contributed by atoms with van der Waals surface area (Å²) in [5.41, 5.74) is 1.36. The van der Waals surface area contributed by atoms with Crippen molar-refractivity contribution >= 4 is 15.7 Å². The van der Waals surface area contributed by atoms with Gasteiger partial charge in [-0.1, -0.05) is 6.92 Å². The lowest BCUT2D eigenvalue weighted by Gasteiger charge is -2.11. The molecule has 0 spiro atoms. The minimum atomic E-state index is -3.66. The second-order valence-corrected chi connectivity index (χ2v) is 6.15. The number of rotatable bonds is 7. The summed E-state index contributed by atoms with van der Waals surface area (Å²) < 4.78 is 27.3. The largest absolute Gasteiger partial charge is 0.383 e. The fourth-order valence-corrected chi connectivity index (χ4v) is 2.87. The minimum Gasteiger partial charge on any atom is -0.383 e. The lowest BCUT2D eigenvalue weighted by Crippen LogP contribution is -2.25. The Labute approximate surface area is 124 Å². The Hall–Kier alpha value is -1.99. The monoisotopic (exact) mass is 306 g/mol. The maximum Gasteiger partial charge on any atom is 0.260 e. The zero-order chi connectivity index (χ0) is 15.1. The molecular weight excluding hydrogens is 288 g/mol. The number of nitrogens with one attached hydrogen (secondary N) is 2. The van der Waals surface area contributed by atoms with Crippen molar-refractivity contribution in [3.05, 3.63) is 48.4 Å². The van der Waals surface area contributed by atoms with Gasteiger partial charge in [0.25, 0.3) is 10.0 Å². The first-order chi connectivity index (χ1) is 10.1. The summed E-state index contributed by atoms with van der Waals surface area (Å²) in [4.78, 5) is 7.89. The highest BCUT2D eigenvalue weighted by Gasteiger charge is 2.19. The number of hydrogen-bond acceptors (Lipinski definition) is 5. The SMILES string of the molecule is CCCNc1cccnc1S(=O)(=O)NCc1ccncc1. The van der Waals surface area contributed by atoms with Crippen LogP contribution < -0.4 is 10.0 Å². The Kier molecular flexibility index (Phi) is 5.24. The molecule has 2 rings (SSSR count). The van der Waals surface area contributed by atoms with Crippen LogP contribution in [0.25, 0.3) is 0 Å². The lowest BCUT2D eigenvalue weighted by atomic mass is 10.3. The molecule has 0 saturated heterocycles. The van der Waals surface area contributed by atoms with Crippen molar-refractivity contribution in [2.45, 2.75) is 24.9 Å². The van der Waals surface area contributed by atoms with Gasteiger partial charge >= 0.3 is 0 Å². The van der Waals surface area contributed by atoms with Crippen LogP contribution in [0.1, 0.15) is 18.9 Å². The number of anilines is 1. The summed E-state index contributed by atoms with van der Waals surface area (Å²) in [6.45, 7) is 2.91. The van der Waals surface area contributed by atoms with Crippen LogP contribution in [0.15, 0.2) is 47.9 Å². The van der Waals surface area contributed by atoms with E-state index in [0.717, 1.165) is 12.0 Å². The minimum absolute atomic E-state index is 0.0208. The van der Waals surface area contributed by atoms with Crippen LogP contribution >= 0.6 is 0 Å². The van der Waals surface area contributed by atoms with E-state index < -0.39 is 10.0 Å². The van der Waals surface area contributed by atoms with Crippen LogP contribution in [0.3, 0.4) is 0 Å². The fraction of sp³-hybridized carbons (Fsp3) is 0.286. The van der Waals surface area contributed by atoms with Crippen molar-refractivity contribution in [3.63, 3.8) is 0 Å². The highest BCUT2D eigenvalue weighted by molar-refractivity contribution is 7.89. The molecule has 0 radical (unpaired) electrons. The van der Waals surface area contributed by atoms with Crippen molar-refractivity contribution in [3.8, 4) is 0 Å². The van der Waals surface area contributed by atoms with Gasteiger partial charge in [0.15, 0.2) is 5.03 Å². The second kappa shape index (κ2) is 7.14. The topological polar surface area (TPSA) is 84.0 Å². The first-order valence-electron chi connectivity index (χ1n) is 6.71. The molecule has 2 N–H and O–H groups in total. The molecule has 0 bridgehead atoms. The summed E-state index contributed by atoms with van der Waals surface area (Å²) in [6.07, 6.45) is 5.62. The summed E-state index contributed by atoms with van der Waals surface area (Å²) in [7, 11) is -3.66. The molecule has 0 saturated carbocycles. The lowest BCUT2D eigenvalue weighted by molar-refractivity contribution is 0.577. The predicted molar refractivity (Wildman–Crippen MR) is 81.3 cm³/mol. The van der Waals surface area contributed by atoms with E-state index in [1.54, 1.807) is 36.7 Å². The smallest absolute Gasteiger partial charge is 0.260 e. The van der Waals surface area contributed by atoms with E-state index >= 15 is 0 Å². The Balaban J connectivity index is 2.15. The third-order valence-corrected chi connectivity index (χ3v) is 4.17. The quantitative estimate of drug-likeness (QED) is 0.814. The second-order valence-electron chi connectivity index (χ2n) is 4.46. The molecule has 6 nitrogen and oxygen atoms in total. The molecule has 112 valence electrons. The van der Waals surface area contributed by atoms with Gasteiger partial charge in [-0.25, -0.2) is 18.1 Å². The zero-order valence-corrected chi connectivity index (χ0v) is 12.6. The van der Waals surface area contributed by atoms with Crippen molar-refractivity contribution in [1.29, 1.82) is 0 Å². The molecule has 0 aliphatic rings. The molecule has 7 heteroatoms. The maximum absolute atomic E-state index is 12.4. The van der Waals surface area contributed by atoms with Gasteiger partial charge in [0.05, 0.1) is 5.69 Å². The standard InChI is InChI=1S/C14H18N4O2S/c1-2-7-16-13-4-3-8-17-14(13)21(19,20)18-11-12-5-9-15-10-6-12/h3-6,8-10,16,18H,2,7,11H2,1H3. The van der Waals surface area contributed by atoms with Gasteiger partial charge in [0.1, 0.15) is 0 Å². The van der Waals surface area contributed by atoms with Crippen molar-refractivity contribution in [2.75, 3.05) is 11.9 Å². The van der Waals surface area contributed by atoms with Gasteiger partial charge < -0.3 is 5.32 Å². The Morgan fingerprint density at radius 1 is 1.14 bits per heavy atom. The van der Waals surface area contributed by atoms with Crippen molar-refractivity contribution in [2.24, 2.45) is 0 Å². The van der Waals surface area contributed by atoms with Crippen LogP contribution in [0.2, 0.25) is 0 Å². The van der Waals surface area contributed by atoms with Crippen LogP contribution in [0, 0.1) is 0 Å². The van der Waals surface area contributed by atoms with E-state index in [1.165, 1.54) is 6.20 Å². The molecule has 21 heavy (non-hydrogen) atoms. The highest BCUT2D eigenvalue weighted by Crippen LogP contribution is 2.18. The van der Waals surface area contributed by atoms with E-state index in [1.807, 2.05) is 6.92 Å². The maximum atomic E-state index is 12.4.